The van der Waals surface area contributed by atoms with Crippen LogP contribution in [0.3, 0.4) is 0 Å². The van der Waals surface area contributed by atoms with E-state index in [1.165, 1.54) is 0 Å². The first kappa shape index (κ1) is 52.0. The first-order chi connectivity index (χ1) is 25.3. The summed E-state index contributed by atoms with van der Waals surface area (Å²) in [5, 5.41) is 1.83. The van der Waals surface area contributed by atoms with E-state index in [-0.39, 0.29) is 60.1 Å². The SMILES string of the molecule is CCC(C)C(C)C(C)C(C)C(C)C(C)(OS(=O)(=O)CCCNC(=O)c1ccc(CCl)cc1)C(C(C)C(C)C(C)C(C)C(C)C(C)C(C)C(C)C(C)C)S(=O)O. The smallest absolute Gasteiger partial charge is 0.267 e. The second-order valence-corrected chi connectivity index (χ2v) is 21.6. The Balaban J connectivity index is 3.48. The third-order valence-corrected chi connectivity index (χ3v) is 18.6. The Morgan fingerprint density at radius 3 is 1.60 bits per heavy atom. The lowest BCUT2D eigenvalue weighted by atomic mass is 9.64. The first-order valence-corrected chi connectivity index (χ1v) is 24.5. The van der Waals surface area contributed by atoms with Gasteiger partial charge in [0.15, 0.2) is 11.1 Å². The predicted octanol–water partition coefficient (Wildman–Crippen LogP) is 11.6. The van der Waals surface area contributed by atoms with Gasteiger partial charge < -0.3 is 9.87 Å². The normalized spacial score (nSPS) is 22.0. The van der Waals surface area contributed by atoms with Crippen molar-refractivity contribution in [3.63, 3.8) is 0 Å². The van der Waals surface area contributed by atoms with E-state index in [1.807, 2.05) is 13.8 Å². The van der Waals surface area contributed by atoms with Crippen LogP contribution < -0.4 is 5.32 Å². The van der Waals surface area contributed by atoms with Crippen molar-refractivity contribution >= 4 is 38.7 Å². The zero-order chi connectivity index (χ0) is 42.7. The standard InChI is InChI=1S/C45H82ClNO6S2/c1-18-28(4)30(6)32(8)38(14)40(16)45(17,53-55(51,52)25-19-24-47-44(48)42-22-20-41(26-46)21-23-42)43(54(49)50)39(15)37(13)36(12)35(11)34(10)33(9)31(7)29(5)27(2)3/h20-23,27-40,43H,18-19,24-26H2,1-17H3,(H,47,48)(H,49,50). The summed E-state index contributed by atoms with van der Waals surface area (Å²) < 4.78 is 59.2. The number of rotatable bonds is 25. The van der Waals surface area contributed by atoms with Crippen molar-refractivity contribution in [3.8, 4) is 0 Å². The molecular weight excluding hydrogens is 750 g/mol. The average Bonchev–Trinajstić information content (AvgIpc) is 3.15. The van der Waals surface area contributed by atoms with Crippen molar-refractivity contribution in [2.75, 3.05) is 12.3 Å². The molecule has 1 rings (SSSR count). The van der Waals surface area contributed by atoms with Crippen molar-refractivity contribution in [2.24, 2.45) is 82.9 Å². The Kier molecular flexibility index (Phi) is 21.7. The van der Waals surface area contributed by atoms with E-state index in [1.54, 1.807) is 31.2 Å². The van der Waals surface area contributed by atoms with E-state index < -0.39 is 32.0 Å². The number of benzene rings is 1. The summed E-state index contributed by atoms with van der Waals surface area (Å²) in [6.07, 6.45) is 1.16. The van der Waals surface area contributed by atoms with Gasteiger partial charge in [-0.2, -0.15) is 8.42 Å². The number of nitrogens with one attached hydrogen (secondary N) is 1. The summed E-state index contributed by atoms with van der Waals surface area (Å²) in [4.78, 5) is 12.7. The predicted molar refractivity (Wildman–Crippen MR) is 235 cm³/mol. The fourth-order valence-corrected chi connectivity index (χ4v) is 11.9. The van der Waals surface area contributed by atoms with Gasteiger partial charge in [-0.1, -0.05) is 129 Å². The molecule has 1 amide bonds. The highest BCUT2D eigenvalue weighted by Crippen LogP contribution is 2.47. The van der Waals surface area contributed by atoms with E-state index in [0.717, 1.165) is 12.0 Å². The molecule has 0 saturated carbocycles. The highest BCUT2D eigenvalue weighted by molar-refractivity contribution is 7.86. The Hall–Kier alpha value is -1.00. The topological polar surface area (TPSA) is 110 Å². The maximum Gasteiger partial charge on any atom is 0.267 e. The van der Waals surface area contributed by atoms with Gasteiger partial charge in [0.05, 0.1) is 11.0 Å². The lowest BCUT2D eigenvalue weighted by molar-refractivity contribution is -0.0294. The fourth-order valence-electron chi connectivity index (χ4n) is 9.00. The number of hydrogen-bond donors (Lipinski definition) is 2. The molecule has 0 heterocycles. The molecule has 1 aromatic carbocycles. The lowest BCUT2D eigenvalue weighted by Crippen LogP contribution is -2.57. The van der Waals surface area contributed by atoms with E-state index in [9.17, 15) is 22.0 Å². The van der Waals surface area contributed by atoms with Crippen LogP contribution in [0.2, 0.25) is 0 Å². The van der Waals surface area contributed by atoms with Crippen LogP contribution in [-0.2, 0) is 31.3 Å². The lowest BCUT2D eigenvalue weighted by Gasteiger charge is -2.48. The number of hydrogen-bond acceptors (Lipinski definition) is 5. The molecule has 0 saturated heterocycles. The molecule has 1 aromatic rings. The van der Waals surface area contributed by atoms with Gasteiger partial charge in [-0.15, -0.1) is 11.6 Å². The van der Waals surface area contributed by atoms with Gasteiger partial charge in [0.1, 0.15) is 5.60 Å². The van der Waals surface area contributed by atoms with Crippen molar-refractivity contribution in [1.29, 1.82) is 0 Å². The zero-order valence-electron chi connectivity index (χ0n) is 37.7. The van der Waals surface area contributed by atoms with Crippen molar-refractivity contribution in [1.82, 2.24) is 5.32 Å². The van der Waals surface area contributed by atoms with Gasteiger partial charge in [-0.05, 0) is 114 Å². The first-order valence-electron chi connectivity index (χ1n) is 21.3. The van der Waals surface area contributed by atoms with Crippen LogP contribution in [0, 0.1) is 82.9 Å². The summed E-state index contributed by atoms with van der Waals surface area (Å²) in [5.41, 5.74) is -0.115. The van der Waals surface area contributed by atoms with Gasteiger partial charge >= 0.3 is 0 Å². The second-order valence-electron chi connectivity index (χ2n) is 18.5. The molecule has 10 heteroatoms. The van der Waals surface area contributed by atoms with E-state index in [4.69, 9.17) is 15.8 Å². The number of carbonyl (C=O) groups excluding carboxylic acids is 1. The molecule has 16 unspecified atom stereocenters. The molecule has 0 aliphatic carbocycles. The summed E-state index contributed by atoms with van der Waals surface area (Å²) in [5.74, 6) is 3.23. The molecule has 16 atom stereocenters. The van der Waals surface area contributed by atoms with Crippen molar-refractivity contribution < 1.29 is 26.2 Å². The molecule has 0 spiro atoms. The summed E-state index contributed by atoms with van der Waals surface area (Å²) >= 11 is 3.49. The number of amides is 1. The van der Waals surface area contributed by atoms with Gasteiger partial charge in [-0.3, -0.25) is 8.98 Å². The molecule has 0 fully saturated rings. The van der Waals surface area contributed by atoms with E-state index in [2.05, 4.69) is 102 Å². The van der Waals surface area contributed by atoms with Gasteiger partial charge in [0.25, 0.3) is 16.0 Å². The van der Waals surface area contributed by atoms with E-state index >= 15 is 0 Å². The highest BCUT2D eigenvalue weighted by Gasteiger charge is 2.53. The Morgan fingerprint density at radius 1 is 0.745 bits per heavy atom. The maximum atomic E-state index is 14.0. The third kappa shape index (κ3) is 14.1. The zero-order valence-corrected chi connectivity index (χ0v) is 40.1. The largest absolute Gasteiger partial charge is 0.352 e. The number of carbonyl (C=O) groups is 1. The molecule has 2 N–H and O–H groups in total. The van der Waals surface area contributed by atoms with Crippen LogP contribution in [0.1, 0.15) is 146 Å². The molecule has 0 radical (unpaired) electrons. The minimum Gasteiger partial charge on any atom is -0.352 e. The van der Waals surface area contributed by atoms with E-state index in [0.29, 0.717) is 58.8 Å². The van der Waals surface area contributed by atoms with Gasteiger partial charge in [0.2, 0.25) is 0 Å². The van der Waals surface area contributed by atoms with Crippen LogP contribution in [0.15, 0.2) is 24.3 Å². The molecule has 7 nitrogen and oxygen atoms in total. The Morgan fingerprint density at radius 2 is 1.18 bits per heavy atom. The maximum absolute atomic E-state index is 14.0. The molecule has 322 valence electrons. The summed E-state index contributed by atoms with van der Waals surface area (Å²) in [6, 6.07) is 6.96. The minimum absolute atomic E-state index is 0.00175. The highest BCUT2D eigenvalue weighted by atomic mass is 35.5. The van der Waals surface area contributed by atoms with Crippen molar-refractivity contribution in [3.05, 3.63) is 35.4 Å². The van der Waals surface area contributed by atoms with Crippen molar-refractivity contribution in [2.45, 2.75) is 147 Å². The monoisotopic (exact) mass is 832 g/mol. The number of halogens is 1. The molecule has 0 aromatic heterocycles. The molecule has 0 aliphatic heterocycles. The molecule has 0 bridgehead atoms. The van der Waals surface area contributed by atoms with Crippen LogP contribution in [-0.4, -0.2) is 46.2 Å². The second kappa shape index (κ2) is 23.0. The van der Waals surface area contributed by atoms with Crippen LogP contribution in [0.25, 0.3) is 0 Å². The van der Waals surface area contributed by atoms with Crippen LogP contribution in [0.5, 0.6) is 0 Å². The summed E-state index contributed by atoms with van der Waals surface area (Å²) in [6.45, 7) is 37.6. The average molecular weight is 833 g/mol. The quantitative estimate of drug-likeness (QED) is 0.0439. The molecule has 55 heavy (non-hydrogen) atoms. The Bertz CT molecular complexity index is 1420. The molecule has 0 aliphatic rings. The molecular formula is C45H82ClNO6S2. The summed E-state index contributed by atoms with van der Waals surface area (Å²) in [7, 11) is -4.19. The Labute approximate surface area is 346 Å². The minimum atomic E-state index is -4.19. The van der Waals surface area contributed by atoms with Gasteiger partial charge in [0, 0.05) is 18.0 Å². The third-order valence-electron chi connectivity index (χ3n) is 15.5. The van der Waals surface area contributed by atoms with Gasteiger partial charge in [-0.25, -0.2) is 4.21 Å². The van der Waals surface area contributed by atoms with Crippen LogP contribution in [0.4, 0.5) is 0 Å². The number of alkyl halides is 1. The fraction of sp³-hybridized carbons (Fsp3) is 0.844. The van der Waals surface area contributed by atoms with Crippen LogP contribution >= 0.6 is 11.6 Å².